The Morgan fingerprint density at radius 3 is 2.29 bits per heavy atom. The molecule has 0 aromatic carbocycles. The Hall–Kier alpha value is -0.360. The Labute approximate surface area is 95.8 Å². The van der Waals surface area contributed by atoms with Crippen molar-refractivity contribution in [2.75, 3.05) is 5.75 Å². The van der Waals surface area contributed by atoms with Gasteiger partial charge in [-0.3, -0.25) is 4.79 Å². The molecule has 14 heavy (non-hydrogen) atoms. The van der Waals surface area contributed by atoms with Gasteiger partial charge in [0.15, 0.2) is 0 Å². The number of rotatable bonds is 3. The molecule has 0 heterocycles. The highest BCUT2D eigenvalue weighted by Crippen LogP contribution is 2.21. The number of thioether (sulfide) groups is 2. The molecule has 0 saturated carbocycles. The summed E-state index contributed by atoms with van der Waals surface area (Å²) in [6, 6.07) is 0. The highest BCUT2D eigenvalue weighted by Gasteiger charge is 2.13. The van der Waals surface area contributed by atoms with Gasteiger partial charge < -0.3 is 5.11 Å². The van der Waals surface area contributed by atoms with Gasteiger partial charge in [-0.05, 0) is 12.7 Å². The third kappa shape index (κ3) is 11.6. The first-order valence-electron chi connectivity index (χ1n) is 3.55. The van der Waals surface area contributed by atoms with E-state index in [9.17, 15) is 4.79 Å². The van der Waals surface area contributed by atoms with E-state index in [1.165, 1.54) is 23.5 Å². The minimum absolute atomic E-state index is 0.250. The molecular weight excluding hydrogens is 244 g/mol. The lowest BCUT2D eigenvalue weighted by atomic mass is 10.5. The predicted octanol–water partition coefficient (Wildman–Crippen LogP) is 1.65. The summed E-state index contributed by atoms with van der Waals surface area (Å²) in [6.07, 6.45) is 0.250. The van der Waals surface area contributed by atoms with Crippen molar-refractivity contribution in [3.63, 3.8) is 0 Å². The molecule has 1 unspecified atom stereocenters. The Morgan fingerprint density at radius 1 is 1.57 bits per heavy atom. The number of carboxylic acids is 1. The van der Waals surface area contributed by atoms with Crippen molar-refractivity contribution in [3.05, 3.63) is 0 Å². The lowest BCUT2D eigenvalue weighted by Crippen LogP contribution is -2.12. The van der Waals surface area contributed by atoms with Gasteiger partial charge in [0.1, 0.15) is 8.78 Å². The van der Waals surface area contributed by atoms with Gasteiger partial charge in [-0.2, -0.15) is 9.59 Å². The number of carbonyl (C=O) groups excluding carboxylic acids is 2. The van der Waals surface area contributed by atoms with Crippen LogP contribution in [0.25, 0.3) is 0 Å². The molecule has 7 heteroatoms. The smallest absolute Gasteiger partial charge is 0.373 e. The molecule has 0 saturated heterocycles. The van der Waals surface area contributed by atoms with E-state index < -0.39 is 11.2 Å². The minimum Gasteiger partial charge on any atom is -0.480 e. The van der Waals surface area contributed by atoms with Crippen LogP contribution in [0.3, 0.4) is 0 Å². The van der Waals surface area contributed by atoms with Crippen LogP contribution in [0.15, 0.2) is 0 Å². The summed E-state index contributed by atoms with van der Waals surface area (Å²) in [5, 5.41) is 8.08. The Bertz CT molecular complexity index is 223. The van der Waals surface area contributed by atoms with E-state index in [1.54, 1.807) is 6.92 Å². The lowest BCUT2D eigenvalue weighted by molar-refractivity contribution is -0.191. The molecule has 0 aromatic heterocycles. The molecule has 4 nitrogen and oxygen atoms in total. The summed E-state index contributed by atoms with van der Waals surface area (Å²) < 4.78 is 0.711. The summed E-state index contributed by atoms with van der Waals surface area (Å²) in [5.41, 5.74) is 0. The number of hydrogen-bond acceptors (Lipinski definition) is 6. The molecule has 0 amide bonds. The van der Waals surface area contributed by atoms with Crippen LogP contribution in [-0.2, 0) is 14.4 Å². The van der Waals surface area contributed by atoms with E-state index >= 15 is 0 Å². The Morgan fingerprint density at radius 2 is 2.00 bits per heavy atom. The average Bonchev–Trinajstić information content (AvgIpc) is 2.05. The molecule has 0 aliphatic heterocycles. The van der Waals surface area contributed by atoms with Gasteiger partial charge in [-0.25, -0.2) is 0 Å². The third-order valence-electron chi connectivity index (χ3n) is 0.883. The summed E-state index contributed by atoms with van der Waals surface area (Å²) in [4.78, 5) is 26.6. The zero-order chi connectivity index (χ0) is 11.6. The standard InChI is InChI=1S/C6H10O2S3.CO2/c1-3-10-6(9)11-4(2)5(7)8;2-1-3/h4H,3H2,1-2H3,(H,7,8);. The van der Waals surface area contributed by atoms with Gasteiger partial charge in [-0.15, -0.1) is 11.8 Å². The number of aliphatic carboxylic acids is 1. The highest BCUT2D eigenvalue weighted by atomic mass is 32.2. The maximum atomic E-state index is 10.3. The van der Waals surface area contributed by atoms with Gasteiger partial charge in [0.05, 0.1) is 0 Å². The first-order chi connectivity index (χ1) is 6.49. The zero-order valence-electron chi connectivity index (χ0n) is 7.68. The van der Waals surface area contributed by atoms with Crippen LogP contribution in [-0.4, -0.2) is 31.8 Å². The molecule has 1 N–H and O–H groups in total. The zero-order valence-corrected chi connectivity index (χ0v) is 10.1. The number of thiocarbonyl (C=S) groups is 1. The fourth-order valence-electron chi connectivity index (χ4n) is 0.347. The number of hydrogen-bond donors (Lipinski definition) is 1. The van der Waals surface area contributed by atoms with Crippen molar-refractivity contribution in [1.29, 1.82) is 0 Å². The number of carbonyl (C=O) groups is 1. The summed E-state index contributed by atoms with van der Waals surface area (Å²) in [5.74, 6) is 0.0899. The quantitative estimate of drug-likeness (QED) is 0.768. The monoisotopic (exact) mass is 254 g/mol. The normalized spacial score (nSPS) is 10.4. The van der Waals surface area contributed by atoms with E-state index in [1.807, 2.05) is 6.92 Å². The average molecular weight is 254 g/mol. The van der Waals surface area contributed by atoms with Crippen molar-refractivity contribution < 1.29 is 19.5 Å². The van der Waals surface area contributed by atoms with Crippen LogP contribution >= 0.6 is 35.7 Å². The van der Waals surface area contributed by atoms with E-state index in [0.29, 0.717) is 3.53 Å². The summed E-state index contributed by atoms with van der Waals surface area (Å²) >= 11 is 7.65. The SMILES string of the molecule is CCSC(=S)SC(C)C(=O)O.O=C=O. The van der Waals surface area contributed by atoms with E-state index in [4.69, 9.17) is 26.9 Å². The highest BCUT2D eigenvalue weighted by molar-refractivity contribution is 8.47. The molecule has 80 valence electrons. The predicted molar refractivity (Wildman–Crippen MR) is 60.4 cm³/mol. The van der Waals surface area contributed by atoms with E-state index in [0.717, 1.165) is 5.75 Å². The largest absolute Gasteiger partial charge is 0.480 e. The third-order valence-corrected chi connectivity index (χ3v) is 3.44. The second kappa shape index (κ2) is 10.7. The molecule has 0 aromatic rings. The van der Waals surface area contributed by atoms with Gasteiger partial charge in [0, 0.05) is 0 Å². The van der Waals surface area contributed by atoms with Crippen molar-refractivity contribution in [1.82, 2.24) is 0 Å². The Kier molecular flexibility index (Phi) is 12.3. The molecule has 0 spiro atoms. The van der Waals surface area contributed by atoms with Crippen LogP contribution in [0.5, 0.6) is 0 Å². The van der Waals surface area contributed by atoms with Crippen molar-refractivity contribution in [3.8, 4) is 0 Å². The number of carboxylic acid groups (broad SMARTS) is 1. The molecule has 1 atom stereocenters. The molecule has 0 bridgehead atoms. The second-order valence-electron chi connectivity index (χ2n) is 1.86. The van der Waals surface area contributed by atoms with Gasteiger partial charge in [-0.1, -0.05) is 30.9 Å². The van der Waals surface area contributed by atoms with Crippen LogP contribution < -0.4 is 0 Å². The maximum Gasteiger partial charge on any atom is 0.373 e. The molecule has 0 radical (unpaired) electrons. The maximum absolute atomic E-state index is 10.3. The van der Waals surface area contributed by atoms with Crippen molar-refractivity contribution in [2.24, 2.45) is 0 Å². The van der Waals surface area contributed by atoms with Crippen LogP contribution in [0.1, 0.15) is 13.8 Å². The van der Waals surface area contributed by atoms with Gasteiger partial charge in [0.2, 0.25) is 0 Å². The lowest BCUT2D eigenvalue weighted by Gasteiger charge is -2.04. The van der Waals surface area contributed by atoms with E-state index in [2.05, 4.69) is 0 Å². The summed E-state index contributed by atoms with van der Waals surface area (Å²) in [6.45, 7) is 3.62. The molecule has 0 aliphatic rings. The Balaban J connectivity index is 0. The van der Waals surface area contributed by atoms with Crippen LogP contribution in [0.4, 0.5) is 0 Å². The molecule has 0 rings (SSSR count). The minimum atomic E-state index is -0.811. The van der Waals surface area contributed by atoms with Crippen molar-refractivity contribution in [2.45, 2.75) is 19.1 Å². The molecule has 0 fully saturated rings. The van der Waals surface area contributed by atoms with Gasteiger partial charge >= 0.3 is 12.1 Å². The van der Waals surface area contributed by atoms with Crippen LogP contribution in [0, 0.1) is 0 Å². The molecular formula is C7H10O4S3. The first-order valence-corrected chi connectivity index (χ1v) is 5.82. The fourth-order valence-corrected chi connectivity index (χ4v) is 2.82. The first kappa shape index (κ1) is 16.1. The van der Waals surface area contributed by atoms with Crippen molar-refractivity contribution >= 4 is 51.4 Å². The molecule has 0 aliphatic carbocycles. The summed E-state index contributed by atoms with van der Waals surface area (Å²) in [7, 11) is 0. The van der Waals surface area contributed by atoms with E-state index in [-0.39, 0.29) is 6.15 Å². The van der Waals surface area contributed by atoms with Gasteiger partial charge in [0.25, 0.3) is 0 Å². The van der Waals surface area contributed by atoms with Crippen LogP contribution in [0.2, 0.25) is 0 Å². The topological polar surface area (TPSA) is 71.4 Å². The fraction of sp³-hybridized carbons (Fsp3) is 0.571. The second-order valence-corrected chi connectivity index (χ2v) is 5.67.